The SMILES string of the molecule is CC1(C)CNCC(CCO)N(C2CC2)C1. The molecule has 0 bridgehead atoms. The fourth-order valence-corrected chi connectivity index (χ4v) is 2.62. The zero-order chi connectivity index (χ0) is 10.9. The molecule has 0 spiro atoms. The third-order valence-corrected chi connectivity index (χ3v) is 3.54. The molecule has 2 N–H and O–H groups in total. The van der Waals surface area contributed by atoms with E-state index < -0.39 is 0 Å². The molecule has 15 heavy (non-hydrogen) atoms. The maximum atomic E-state index is 9.11. The van der Waals surface area contributed by atoms with Gasteiger partial charge in [-0.1, -0.05) is 13.8 Å². The van der Waals surface area contributed by atoms with Gasteiger partial charge >= 0.3 is 0 Å². The van der Waals surface area contributed by atoms with E-state index in [0.717, 1.165) is 25.6 Å². The molecule has 0 radical (unpaired) electrons. The summed E-state index contributed by atoms with van der Waals surface area (Å²) in [4.78, 5) is 2.64. The van der Waals surface area contributed by atoms with Gasteiger partial charge in [0.2, 0.25) is 0 Å². The molecule has 88 valence electrons. The molecule has 2 aliphatic rings. The lowest BCUT2D eigenvalue weighted by Gasteiger charge is -2.33. The molecule has 1 saturated carbocycles. The molecule has 0 aromatic carbocycles. The highest BCUT2D eigenvalue weighted by Crippen LogP contribution is 2.33. The number of aliphatic hydroxyl groups is 1. The van der Waals surface area contributed by atoms with E-state index in [1.54, 1.807) is 0 Å². The summed E-state index contributed by atoms with van der Waals surface area (Å²) in [6, 6.07) is 1.35. The Kier molecular flexibility index (Phi) is 3.33. The Balaban J connectivity index is 2.02. The molecule has 1 saturated heterocycles. The van der Waals surface area contributed by atoms with Gasteiger partial charge in [0, 0.05) is 38.3 Å². The summed E-state index contributed by atoms with van der Waals surface area (Å²) in [5, 5.41) is 12.6. The van der Waals surface area contributed by atoms with Crippen LogP contribution in [-0.2, 0) is 0 Å². The third-order valence-electron chi connectivity index (χ3n) is 3.54. The lowest BCUT2D eigenvalue weighted by Crippen LogP contribution is -2.43. The normalized spacial score (nSPS) is 32.6. The van der Waals surface area contributed by atoms with Gasteiger partial charge in [-0.2, -0.15) is 0 Å². The van der Waals surface area contributed by atoms with Crippen molar-refractivity contribution in [3.63, 3.8) is 0 Å². The number of aliphatic hydroxyl groups excluding tert-OH is 1. The minimum Gasteiger partial charge on any atom is -0.396 e. The van der Waals surface area contributed by atoms with Gasteiger partial charge < -0.3 is 10.4 Å². The van der Waals surface area contributed by atoms with Crippen LogP contribution in [0.1, 0.15) is 33.1 Å². The zero-order valence-corrected chi connectivity index (χ0v) is 10.00. The molecule has 3 nitrogen and oxygen atoms in total. The molecular formula is C12H24N2O. The Hall–Kier alpha value is -0.120. The third kappa shape index (κ3) is 2.92. The quantitative estimate of drug-likeness (QED) is 0.727. The Morgan fingerprint density at radius 3 is 2.73 bits per heavy atom. The minimum atomic E-state index is 0.315. The second-order valence-corrected chi connectivity index (χ2v) is 5.86. The fourth-order valence-electron chi connectivity index (χ4n) is 2.62. The summed E-state index contributed by atoms with van der Waals surface area (Å²) in [6.07, 6.45) is 3.63. The van der Waals surface area contributed by atoms with E-state index >= 15 is 0 Å². The lowest BCUT2D eigenvalue weighted by molar-refractivity contribution is 0.125. The average Bonchev–Trinajstić information content (AvgIpc) is 2.94. The number of nitrogens with one attached hydrogen (secondary N) is 1. The van der Waals surface area contributed by atoms with Crippen molar-refractivity contribution in [1.82, 2.24) is 10.2 Å². The van der Waals surface area contributed by atoms with Crippen LogP contribution in [0.3, 0.4) is 0 Å². The first-order chi connectivity index (χ1) is 7.12. The first-order valence-corrected chi connectivity index (χ1v) is 6.20. The fraction of sp³-hybridized carbons (Fsp3) is 1.00. The predicted molar refractivity (Wildman–Crippen MR) is 61.9 cm³/mol. The summed E-state index contributed by atoms with van der Waals surface area (Å²) in [7, 11) is 0. The van der Waals surface area contributed by atoms with Gasteiger partial charge in [-0.3, -0.25) is 4.90 Å². The Labute approximate surface area is 92.8 Å². The Bertz CT molecular complexity index is 214. The molecule has 1 aliphatic carbocycles. The van der Waals surface area contributed by atoms with Crippen LogP contribution in [0.2, 0.25) is 0 Å². The number of rotatable bonds is 3. The minimum absolute atomic E-state index is 0.315. The number of hydrogen-bond acceptors (Lipinski definition) is 3. The molecule has 1 unspecified atom stereocenters. The summed E-state index contributed by atoms with van der Waals surface area (Å²) in [5.41, 5.74) is 0.368. The van der Waals surface area contributed by atoms with E-state index in [2.05, 4.69) is 24.1 Å². The second kappa shape index (κ2) is 4.40. The van der Waals surface area contributed by atoms with Gasteiger partial charge in [-0.15, -0.1) is 0 Å². The molecule has 1 atom stereocenters. The van der Waals surface area contributed by atoms with Crippen molar-refractivity contribution >= 4 is 0 Å². The average molecular weight is 212 g/mol. The van der Waals surface area contributed by atoms with Crippen molar-refractivity contribution in [1.29, 1.82) is 0 Å². The molecule has 1 heterocycles. The molecule has 0 aromatic rings. The van der Waals surface area contributed by atoms with Crippen LogP contribution in [0.25, 0.3) is 0 Å². The summed E-state index contributed by atoms with van der Waals surface area (Å²) in [6.45, 7) is 8.29. The summed E-state index contributed by atoms with van der Waals surface area (Å²) < 4.78 is 0. The lowest BCUT2D eigenvalue weighted by atomic mass is 9.93. The van der Waals surface area contributed by atoms with E-state index in [4.69, 9.17) is 5.11 Å². The van der Waals surface area contributed by atoms with Gasteiger partial charge in [0.1, 0.15) is 0 Å². The maximum Gasteiger partial charge on any atom is 0.0446 e. The van der Waals surface area contributed by atoms with Crippen molar-refractivity contribution in [2.24, 2.45) is 5.41 Å². The molecule has 2 fully saturated rings. The van der Waals surface area contributed by atoms with E-state index in [1.807, 2.05) is 0 Å². The van der Waals surface area contributed by atoms with Crippen molar-refractivity contribution in [2.45, 2.75) is 45.2 Å². The van der Waals surface area contributed by atoms with Crippen molar-refractivity contribution in [2.75, 3.05) is 26.2 Å². The molecule has 2 rings (SSSR count). The largest absolute Gasteiger partial charge is 0.396 e. The van der Waals surface area contributed by atoms with E-state index in [9.17, 15) is 0 Å². The van der Waals surface area contributed by atoms with Crippen LogP contribution in [0, 0.1) is 5.41 Å². The van der Waals surface area contributed by atoms with Crippen molar-refractivity contribution < 1.29 is 5.11 Å². The van der Waals surface area contributed by atoms with Crippen LogP contribution in [0.5, 0.6) is 0 Å². The van der Waals surface area contributed by atoms with Crippen LogP contribution in [-0.4, -0.2) is 48.3 Å². The van der Waals surface area contributed by atoms with Crippen LogP contribution < -0.4 is 5.32 Å². The standard InChI is InChI=1S/C12H24N2O/c1-12(2)8-13-7-11(5-6-15)14(9-12)10-3-4-10/h10-11,13,15H,3-9H2,1-2H3. The van der Waals surface area contributed by atoms with E-state index in [1.165, 1.54) is 19.4 Å². The van der Waals surface area contributed by atoms with Gasteiger partial charge in [0.05, 0.1) is 0 Å². The van der Waals surface area contributed by atoms with E-state index in [0.29, 0.717) is 18.1 Å². The van der Waals surface area contributed by atoms with Gasteiger partial charge in [0.25, 0.3) is 0 Å². The van der Waals surface area contributed by atoms with Gasteiger partial charge in [0.15, 0.2) is 0 Å². The summed E-state index contributed by atoms with van der Waals surface area (Å²) >= 11 is 0. The highest BCUT2D eigenvalue weighted by Gasteiger charge is 2.38. The molecule has 0 amide bonds. The molecular weight excluding hydrogens is 188 g/mol. The van der Waals surface area contributed by atoms with Crippen LogP contribution >= 0.6 is 0 Å². The summed E-state index contributed by atoms with van der Waals surface area (Å²) in [5.74, 6) is 0. The zero-order valence-electron chi connectivity index (χ0n) is 10.00. The molecule has 0 aromatic heterocycles. The molecule has 3 heteroatoms. The first-order valence-electron chi connectivity index (χ1n) is 6.20. The van der Waals surface area contributed by atoms with Gasteiger partial charge in [-0.05, 0) is 24.7 Å². The van der Waals surface area contributed by atoms with Crippen molar-refractivity contribution in [3.8, 4) is 0 Å². The maximum absolute atomic E-state index is 9.11. The Morgan fingerprint density at radius 1 is 1.40 bits per heavy atom. The number of hydrogen-bond donors (Lipinski definition) is 2. The smallest absolute Gasteiger partial charge is 0.0446 e. The predicted octanol–water partition coefficient (Wildman–Crippen LogP) is 0.831. The monoisotopic (exact) mass is 212 g/mol. The van der Waals surface area contributed by atoms with Crippen LogP contribution in [0.4, 0.5) is 0 Å². The highest BCUT2D eigenvalue weighted by atomic mass is 16.3. The second-order valence-electron chi connectivity index (χ2n) is 5.86. The Morgan fingerprint density at radius 2 is 2.13 bits per heavy atom. The number of nitrogens with zero attached hydrogens (tertiary/aromatic N) is 1. The van der Waals surface area contributed by atoms with Crippen LogP contribution in [0.15, 0.2) is 0 Å². The van der Waals surface area contributed by atoms with Crippen molar-refractivity contribution in [3.05, 3.63) is 0 Å². The molecule has 1 aliphatic heterocycles. The first kappa shape index (κ1) is 11.4. The topological polar surface area (TPSA) is 35.5 Å². The van der Waals surface area contributed by atoms with Gasteiger partial charge in [-0.25, -0.2) is 0 Å². The highest BCUT2D eigenvalue weighted by molar-refractivity contribution is 4.94. The van der Waals surface area contributed by atoms with E-state index in [-0.39, 0.29) is 0 Å².